The highest BCUT2D eigenvalue weighted by atomic mass is 19.4. The maximum absolute atomic E-state index is 12.4. The smallest absolute Gasteiger partial charge is 0.405 e. The molecule has 0 atom stereocenters. The second-order valence-corrected chi connectivity index (χ2v) is 4.67. The number of alkyl halides is 3. The maximum Gasteiger partial charge on any atom is 0.573 e. The summed E-state index contributed by atoms with van der Waals surface area (Å²) in [6, 6.07) is 10.3. The van der Waals surface area contributed by atoms with Gasteiger partial charge in [0.25, 0.3) is 0 Å². The molecule has 0 aliphatic heterocycles. The fraction of sp³-hybridized carbons (Fsp3) is 0.188. The summed E-state index contributed by atoms with van der Waals surface area (Å²) in [6.45, 7) is 3.73. The van der Waals surface area contributed by atoms with Crippen molar-refractivity contribution in [2.75, 3.05) is 0 Å². The van der Waals surface area contributed by atoms with E-state index in [1.165, 1.54) is 18.2 Å². The summed E-state index contributed by atoms with van der Waals surface area (Å²) in [5, 5.41) is 0. The Morgan fingerprint density at radius 2 is 1.67 bits per heavy atom. The van der Waals surface area contributed by atoms with Crippen molar-refractivity contribution < 1.29 is 22.7 Å². The van der Waals surface area contributed by atoms with Crippen molar-refractivity contribution in [1.82, 2.24) is 0 Å². The zero-order chi connectivity index (χ0) is 15.6. The molecule has 2 aromatic rings. The molecule has 0 unspecified atom stereocenters. The molecule has 0 radical (unpaired) electrons. The molecule has 5 heteroatoms. The van der Waals surface area contributed by atoms with Crippen molar-refractivity contribution in [3.63, 3.8) is 0 Å². The molecule has 110 valence electrons. The van der Waals surface area contributed by atoms with Gasteiger partial charge in [0.2, 0.25) is 0 Å². The molecule has 0 N–H and O–H groups in total. The second-order valence-electron chi connectivity index (χ2n) is 4.67. The SMILES string of the molecule is Cc1ccc(C(=O)c2ccccc2OC(F)(F)F)cc1C. The lowest BCUT2D eigenvalue weighted by molar-refractivity contribution is -0.274. The molecule has 0 fully saturated rings. The van der Waals surface area contributed by atoms with E-state index in [2.05, 4.69) is 4.74 Å². The summed E-state index contributed by atoms with van der Waals surface area (Å²) >= 11 is 0. The first-order chi connectivity index (χ1) is 9.78. The largest absolute Gasteiger partial charge is 0.573 e. The van der Waals surface area contributed by atoms with Gasteiger partial charge in [-0.25, -0.2) is 0 Å². The Hall–Kier alpha value is -2.30. The van der Waals surface area contributed by atoms with Crippen LogP contribution in [0.5, 0.6) is 5.75 Å². The third kappa shape index (κ3) is 3.62. The zero-order valence-corrected chi connectivity index (χ0v) is 11.5. The van der Waals surface area contributed by atoms with E-state index < -0.39 is 17.9 Å². The average Bonchev–Trinajstić information content (AvgIpc) is 2.40. The van der Waals surface area contributed by atoms with E-state index in [-0.39, 0.29) is 5.56 Å². The van der Waals surface area contributed by atoms with Crippen LogP contribution in [-0.2, 0) is 0 Å². The summed E-state index contributed by atoms with van der Waals surface area (Å²) < 4.78 is 41.0. The fourth-order valence-corrected chi connectivity index (χ4v) is 1.91. The molecule has 2 aromatic carbocycles. The standard InChI is InChI=1S/C16H13F3O2/c1-10-7-8-12(9-11(10)2)15(20)13-5-3-4-6-14(13)21-16(17,18)19/h3-9H,1-2H3. The van der Waals surface area contributed by atoms with E-state index in [4.69, 9.17) is 0 Å². The highest BCUT2D eigenvalue weighted by Gasteiger charge is 2.32. The molecule has 0 bridgehead atoms. The van der Waals surface area contributed by atoms with Crippen LogP contribution in [-0.4, -0.2) is 12.1 Å². The predicted molar refractivity (Wildman–Crippen MR) is 72.5 cm³/mol. The molecule has 0 aliphatic carbocycles. The molecule has 0 heterocycles. The topological polar surface area (TPSA) is 26.3 Å². The first kappa shape index (κ1) is 15.1. The fourth-order valence-electron chi connectivity index (χ4n) is 1.91. The summed E-state index contributed by atoms with van der Waals surface area (Å²) in [4.78, 5) is 12.4. The van der Waals surface area contributed by atoms with Gasteiger partial charge in [-0.05, 0) is 43.2 Å². The van der Waals surface area contributed by atoms with Crippen LogP contribution >= 0.6 is 0 Å². The third-order valence-electron chi connectivity index (χ3n) is 3.13. The van der Waals surface area contributed by atoms with Crippen molar-refractivity contribution in [1.29, 1.82) is 0 Å². The molecular formula is C16H13F3O2. The van der Waals surface area contributed by atoms with Gasteiger partial charge >= 0.3 is 6.36 Å². The predicted octanol–water partition coefficient (Wildman–Crippen LogP) is 4.43. The van der Waals surface area contributed by atoms with Crippen LogP contribution in [0, 0.1) is 13.8 Å². The lowest BCUT2D eigenvalue weighted by atomic mass is 9.99. The van der Waals surface area contributed by atoms with Gasteiger partial charge < -0.3 is 4.74 Å². The molecule has 21 heavy (non-hydrogen) atoms. The number of hydrogen-bond acceptors (Lipinski definition) is 2. The van der Waals surface area contributed by atoms with Crippen molar-refractivity contribution in [2.24, 2.45) is 0 Å². The number of benzene rings is 2. The number of ketones is 1. The lowest BCUT2D eigenvalue weighted by Gasteiger charge is -2.13. The van der Waals surface area contributed by atoms with Gasteiger partial charge in [0.05, 0.1) is 5.56 Å². The zero-order valence-electron chi connectivity index (χ0n) is 11.5. The number of para-hydroxylation sites is 1. The highest BCUT2D eigenvalue weighted by Crippen LogP contribution is 2.28. The van der Waals surface area contributed by atoms with E-state index in [1.807, 2.05) is 13.8 Å². The first-order valence-corrected chi connectivity index (χ1v) is 6.24. The van der Waals surface area contributed by atoms with Crippen molar-refractivity contribution in [3.05, 3.63) is 64.7 Å². The number of rotatable bonds is 3. The van der Waals surface area contributed by atoms with E-state index in [1.54, 1.807) is 18.2 Å². The van der Waals surface area contributed by atoms with Crippen LogP contribution in [0.3, 0.4) is 0 Å². The minimum atomic E-state index is -4.83. The molecule has 0 saturated heterocycles. The lowest BCUT2D eigenvalue weighted by Crippen LogP contribution is -2.19. The van der Waals surface area contributed by atoms with Gasteiger partial charge in [-0.1, -0.05) is 24.3 Å². The van der Waals surface area contributed by atoms with Gasteiger partial charge in [0.15, 0.2) is 5.78 Å². The van der Waals surface area contributed by atoms with Crippen LogP contribution < -0.4 is 4.74 Å². The van der Waals surface area contributed by atoms with Crippen LogP contribution in [0.25, 0.3) is 0 Å². The Balaban J connectivity index is 2.41. The minimum absolute atomic E-state index is 0.113. The van der Waals surface area contributed by atoms with E-state index >= 15 is 0 Å². The number of halogens is 3. The van der Waals surface area contributed by atoms with Gasteiger partial charge in [-0.15, -0.1) is 13.2 Å². The Bertz CT molecular complexity index is 675. The molecule has 2 rings (SSSR count). The molecule has 0 aromatic heterocycles. The Morgan fingerprint density at radius 3 is 2.29 bits per heavy atom. The highest BCUT2D eigenvalue weighted by molar-refractivity contribution is 6.10. The van der Waals surface area contributed by atoms with Crippen LogP contribution in [0.4, 0.5) is 13.2 Å². The number of aryl methyl sites for hydroxylation is 2. The van der Waals surface area contributed by atoms with E-state index in [0.717, 1.165) is 17.2 Å². The molecule has 0 amide bonds. The monoisotopic (exact) mass is 294 g/mol. The van der Waals surface area contributed by atoms with Crippen LogP contribution in [0.15, 0.2) is 42.5 Å². The first-order valence-electron chi connectivity index (χ1n) is 6.24. The quantitative estimate of drug-likeness (QED) is 0.783. The number of hydrogen-bond donors (Lipinski definition) is 0. The summed E-state index contributed by atoms with van der Waals surface area (Å²) in [5.74, 6) is -0.994. The number of carbonyl (C=O) groups excluding carboxylic acids is 1. The van der Waals surface area contributed by atoms with Crippen LogP contribution in [0.2, 0.25) is 0 Å². The molecule has 2 nitrogen and oxygen atoms in total. The summed E-state index contributed by atoms with van der Waals surface area (Å²) in [7, 11) is 0. The van der Waals surface area contributed by atoms with Crippen molar-refractivity contribution >= 4 is 5.78 Å². The van der Waals surface area contributed by atoms with E-state index in [9.17, 15) is 18.0 Å². The van der Waals surface area contributed by atoms with Gasteiger partial charge in [0, 0.05) is 5.56 Å². The third-order valence-corrected chi connectivity index (χ3v) is 3.13. The molecular weight excluding hydrogens is 281 g/mol. The van der Waals surface area contributed by atoms with Gasteiger partial charge in [-0.2, -0.15) is 0 Å². The number of carbonyl (C=O) groups is 1. The molecule has 0 spiro atoms. The Labute approximate surface area is 120 Å². The van der Waals surface area contributed by atoms with Gasteiger partial charge in [0.1, 0.15) is 5.75 Å². The van der Waals surface area contributed by atoms with Crippen LogP contribution in [0.1, 0.15) is 27.0 Å². The Morgan fingerprint density at radius 1 is 1.00 bits per heavy atom. The maximum atomic E-state index is 12.4. The molecule has 0 aliphatic rings. The average molecular weight is 294 g/mol. The molecule has 0 saturated carbocycles. The number of ether oxygens (including phenoxy) is 1. The van der Waals surface area contributed by atoms with Gasteiger partial charge in [-0.3, -0.25) is 4.79 Å². The summed E-state index contributed by atoms with van der Waals surface area (Å²) in [6.07, 6.45) is -4.83. The second kappa shape index (κ2) is 5.60. The van der Waals surface area contributed by atoms with E-state index in [0.29, 0.717) is 5.56 Å². The summed E-state index contributed by atoms with van der Waals surface area (Å²) in [5.41, 5.74) is 2.12. The minimum Gasteiger partial charge on any atom is -0.405 e. The Kier molecular flexibility index (Phi) is 4.02. The normalized spacial score (nSPS) is 11.3. The van der Waals surface area contributed by atoms with Crippen molar-refractivity contribution in [2.45, 2.75) is 20.2 Å². The van der Waals surface area contributed by atoms with Crippen molar-refractivity contribution in [3.8, 4) is 5.75 Å².